The Morgan fingerprint density at radius 3 is 2.50 bits per heavy atom. The summed E-state index contributed by atoms with van der Waals surface area (Å²) >= 11 is 0. The van der Waals surface area contributed by atoms with Gasteiger partial charge in [0, 0.05) is 18.5 Å². The number of amides is 2. The molecule has 0 fully saturated rings. The first-order chi connectivity index (χ1) is 12.5. The molecule has 0 aliphatic carbocycles. The standard InChI is InChI=1S/C20H22N4O2/c1-13-9-14(2)11-15(10-13)20(26)22-12-19(25)21-8-7-18-23-16-5-3-4-6-17(16)24-18/h3-6,9-11H,7-8,12H2,1-2H3,(H,21,25)(H,22,26)(H,23,24). The zero-order valence-corrected chi connectivity index (χ0v) is 14.9. The van der Waals surface area contributed by atoms with Gasteiger partial charge in [0.1, 0.15) is 5.82 Å². The van der Waals surface area contributed by atoms with E-state index < -0.39 is 0 Å². The van der Waals surface area contributed by atoms with Crippen LogP contribution < -0.4 is 10.6 Å². The van der Waals surface area contributed by atoms with Crippen LogP contribution in [-0.2, 0) is 11.2 Å². The molecule has 6 heteroatoms. The summed E-state index contributed by atoms with van der Waals surface area (Å²) in [5.41, 5.74) is 4.50. The van der Waals surface area contributed by atoms with Crippen molar-refractivity contribution in [2.45, 2.75) is 20.3 Å². The summed E-state index contributed by atoms with van der Waals surface area (Å²) in [7, 11) is 0. The maximum atomic E-state index is 12.1. The first-order valence-electron chi connectivity index (χ1n) is 8.58. The minimum atomic E-state index is -0.246. The number of aromatic amines is 1. The number of aromatic nitrogens is 2. The predicted molar refractivity (Wildman–Crippen MR) is 101 cm³/mol. The highest BCUT2D eigenvalue weighted by Gasteiger charge is 2.09. The first-order valence-corrected chi connectivity index (χ1v) is 8.58. The van der Waals surface area contributed by atoms with Crippen LogP contribution in [0.2, 0.25) is 0 Å². The Labute approximate surface area is 152 Å². The van der Waals surface area contributed by atoms with Gasteiger partial charge in [-0.05, 0) is 38.1 Å². The van der Waals surface area contributed by atoms with E-state index in [4.69, 9.17) is 0 Å². The number of para-hydroxylation sites is 2. The van der Waals surface area contributed by atoms with Crippen molar-refractivity contribution in [1.29, 1.82) is 0 Å². The van der Waals surface area contributed by atoms with Gasteiger partial charge in [-0.15, -0.1) is 0 Å². The molecule has 134 valence electrons. The lowest BCUT2D eigenvalue weighted by atomic mass is 10.1. The highest BCUT2D eigenvalue weighted by atomic mass is 16.2. The minimum absolute atomic E-state index is 0.0496. The van der Waals surface area contributed by atoms with Gasteiger partial charge in [0.25, 0.3) is 5.91 Å². The van der Waals surface area contributed by atoms with Gasteiger partial charge in [-0.25, -0.2) is 4.98 Å². The SMILES string of the molecule is Cc1cc(C)cc(C(=O)NCC(=O)NCCc2nc3ccccc3[nH]2)c1. The number of fused-ring (bicyclic) bond motifs is 1. The van der Waals surface area contributed by atoms with Crippen molar-refractivity contribution >= 4 is 22.8 Å². The van der Waals surface area contributed by atoms with Crippen LogP contribution in [0.4, 0.5) is 0 Å². The van der Waals surface area contributed by atoms with E-state index in [0.29, 0.717) is 18.5 Å². The van der Waals surface area contributed by atoms with Gasteiger partial charge >= 0.3 is 0 Å². The van der Waals surface area contributed by atoms with E-state index in [1.54, 1.807) is 0 Å². The van der Waals surface area contributed by atoms with Crippen molar-refractivity contribution in [3.8, 4) is 0 Å². The summed E-state index contributed by atoms with van der Waals surface area (Å²) in [6.07, 6.45) is 0.603. The molecule has 0 saturated heterocycles. The van der Waals surface area contributed by atoms with Crippen molar-refractivity contribution in [1.82, 2.24) is 20.6 Å². The number of benzene rings is 2. The van der Waals surface area contributed by atoms with Crippen molar-refractivity contribution < 1.29 is 9.59 Å². The molecule has 0 aliphatic heterocycles. The van der Waals surface area contributed by atoms with E-state index in [2.05, 4.69) is 20.6 Å². The Bertz CT molecular complexity index is 893. The molecule has 0 radical (unpaired) electrons. The van der Waals surface area contributed by atoms with Crippen LogP contribution in [0.25, 0.3) is 11.0 Å². The lowest BCUT2D eigenvalue weighted by molar-refractivity contribution is -0.120. The Kier molecular flexibility index (Phi) is 5.31. The van der Waals surface area contributed by atoms with Crippen molar-refractivity contribution in [3.63, 3.8) is 0 Å². The van der Waals surface area contributed by atoms with Gasteiger partial charge in [-0.1, -0.05) is 29.3 Å². The Balaban J connectivity index is 1.44. The highest BCUT2D eigenvalue weighted by Crippen LogP contribution is 2.10. The maximum Gasteiger partial charge on any atom is 0.251 e. The molecule has 2 amide bonds. The summed E-state index contributed by atoms with van der Waals surface area (Å²) in [5, 5.41) is 5.44. The van der Waals surface area contributed by atoms with Gasteiger partial charge in [-0.2, -0.15) is 0 Å². The first kappa shape index (κ1) is 17.7. The van der Waals surface area contributed by atoms with Crippen molar-refractivity contribution in [2.24, 2.45) is 0 Å². The second-order valence-electron chi connectivity index (χ2n) is 6.36. The quantitative estimate of drug-likeness (QED) is 0.637. The number of imidazole rings is 1. The second-order valence-corrected chi connectivity index (χ2v) is 6.36. The molecule has 0 saturated carbocycles. The Hall–Kier alpha value is -3.15. The van der Waals surface area contributed by atoms with Crippen LogP contribution >= 0.6 is 0 Å². The number of hydrogen-bond acceptors (Lipinski definition) is 3. The van der Waals surface area contributed by atoms with Crippen LogP contribution in [-0.4, -0.2) is 34.9 Å². The number of carbonyl (C=O) groups excluding carboxylic acids is 2. The lowest BCUT2D eigenvalue weighted by Crippen LogP contribution is -2.37. The van der Waals surface area contributed by atoms with Crippen LogP contribution in [0.3, 0.4) is 0 Å². The van der Waals surface area contributed by atoms with Gasteiger partial charge < -0.3 is 15.6 Å². The van der Waals surface area contributed by atoms with Crippen LogP contribution in [0.1, 0.15) is 27.3 Å². The number of rotatable bonds is 6. The number of nitrogens with zero attached hydrogens (tertiary/aromatic N) is 1. The number of nitrogens with one attached hydrogen (secondary N) is 3. The average Bonchev–Trinajstić information content (AvgIpc) is 3.01. The summed E-state index contributed by atoms with van der Waals surface area (Å²) in [6.45, 7) is 4.28. The van der Waals surface area contributed by atoms with Crippen LogP contribution in [0.5, 0.6) is 0 Å². The zero-order valence-electron chi connectivity index (χ0n) is 14.9. The second kappa shape index (κ2) is 7.82. The largest absolute Gasteiger partial charge is 0.354 e. The molecule has 26 heavy (non-hydrogen) atoms. The third-order valence-electron chi connectivity index (χ3n) is 4.02. The molecule has 0 bridgehead atoms. The van der Waals surface area contributed by atoms with Gasteiger partial charge in [0.15, 0.2) is 0 Å². The molecular formula is C20H22N4O2. The van der Waals surface area contributed by atoms with Crippen LogP contribution in [0, 0.1) is 13.8 Å². The smallest absolute Gasteiger partial charge is 0.251 e. The Morgan fingerprint density at radius 2 is 1.77 bits per heavy atom. The molecule has 3 aromatic rings. The van der Waals surface area contributed by atoms with Crippen LogP contribution in [0.15, 0.2) is 42.5 Å². The monoisotopic (exact) mass is 350 g/mol. The molecule has 1 aromatic heterocycles. The molecule has 3 rings (SSSR count). The van der Waals surface area contributed by atoms with E-state index in [0.717, 1.165) is 28.0 Å². The zero-order chi connectivity index (χ0) is 18.5. The van der Waals surface area contributed by atoms with E-state index in [1.807, 2.05) is 56.3 Å². The van der Waals surface area contributed by atoms with Crippen molar-refractivity contribution in [2.75, 3.05) is 13.1 Å². The molecule has 0 unspecified atom stereocenters. The predicted octanol–water partition coefficient (Wildman–Crippen LogP) is 2.27. The topological polar surface area (TPSA) is 86.9 Å². The third kappa shape index (κ3) is 4.47. The average molecular weight is 350 g/mol. The third-order valence-corrected chi connectivity index (χ3v) is 4.02. The fraction of sp³-hybridized carbons (Fsp3) is 0.250. The molecule has 0 aliphatic rings. The van der Waals surface area contributed by atoms with Gasteiger partial charge in [0.2, 0.25) is 5.91 Å². The van der Waals surface area contributed by atoms with E-state index in [9.17, 15) is 9.59 Å². The Morgan fingerprint density at radius 1 is 1.04 bits per heavy atom. The molecule has 3 N–H and O–H groups in total. The van der Waals surface area contributed by atoms with Gasteiger partial charge in [0.05, 0.1) is 17.6 Å². The fourth-order valence-electron chi connectivity index (χ4n) is 2.88. The molecule has 0 atom stereocenters. The summed E-state index contributed by atoms with van der Waals surface area (Å²) in [4.78, 5) is 31.7. The normalized spacial score (nSPS) is 10.7. The van der Waals surface area contributed by atoms with E-state index in [1.165, 1.54) is 0 Å². The number of aryl methyl sites for hydroxylation is 2. The van der Waals surface area contributed by atoms with E-state index in [-0.39, 0.29) is 18.4 Å². The molecule has 2 aromatic carbocycles. The van der Waals surface area contributed by atoms with Crippen molar-refractivity contribution in [3.05, 3.63) is 65.0 Å². The summed E-state index contributed by atoms with van der Waals surface area (Å²) in [5.74, 6) is 0.355. The summed E-state index contributed by atoms with van der Waals surface area (Å²) < 4.78 is 0. The lowest BCUT2D eigenvalue weighted by Gasteiger charge is -2.08. The van der Waals surface area contributed by atoms with Gasteiger partial charge in [-0.3, -0.25) is 9.59 Å². The number of carbonyl (C=O) groups is 2. The minimum Gasteiger partial charge on any atom is -0.354 e. The number of hydrogen-bond donors (Lipinski definition) is 3. The fourth-order valence-corrected chi connectivity index (χ4v) is 2.88. The summed E-state index contributed by atoms with van der Waals surface area (Å²) in [6, 6.07) is 13.4. The molecular weight excluding hydrogens is 328 g/mol. The molecule has 0 spiro atoms. The maximum absolute atomic E-state index is 12.1. The molecule has 6 nitrogen and oxygen atoms in total. The number of H-pyrrole nitrogens is 1. The van der Waals surface area contributed by atoms with E-state index >= 15 is 0 Å². The highest BCUT2D eigenvalue weighted by molar-refractivity contribution is 5.96. The molecule has 1 heterocycles.